The van der Waals surface area contributed by atoms with E-state index in [0.29, 0.717) is 11.6 Å². The third kappa shape index (κ3) is 5.52. The van der Waals surface area contributed by atoms with E-state index in [1.165, 1.54) is 37.0 Å². The van der Waals surface area contributed by atoms with Crippen molar-refractivity contribution in [3.05, 3.63) is 24.5 Å². The summed E-state index contributed by atoms with van der Waals surface area (Å²) in [6.07, 6.45) is 11.1. The molecule has 1 amide bonds. The van der Waals surface area contributed by atoms with Crippen LogP contribution < -0.4 is 5.32 Å². The standard InChI is InChI=1S/C16H22N4OS/c1-2-3-4-5-6-7-8-14(21)18-16-20-19-15(22-16)13-9-11-17-12-10-13/h9-12H,2-8H2,1H3,(H,18,20,21). The molecule has 2 aromatic rings. The van der Waals surface area contributed by atoms with Crippen LogP contribution in [0.1, 0.15) is 51.9 Å². The molecule has 0 saturated carbocycles. The fraction of sp³-hybridized carbons (Fsp3) is 0.500. The zero-order chi connectivity index (χ0) is 15.6. The minimum Gasteiger partial charge on any atom is -0.301 e. The predicted octanol–water partition coefficient (Wildman–Crippen LogP) is 4.29. The maximum Gasteiger partial charge on any atom is 0.226 e. The second kappa shape index (κ2) is 9.25. The van der Waals surface area contributed by atoms with Crippen LogP contribution in [0.25, 0.3) is 10.6 Å². The van der Waals surface area contributed by atoms with Crippen LogP contribution in [-0.4, -0.2) is 21.1 Å². The molecule has 0 aliphatic carbocycles. The molecule has 0 aromatic carbocycles. The van der Waals surface area contributed by atoms with E-state index in [2.05, 4.69) is 27.4 Å². The Hall–Kier alpha value is -1.82. The Labute approximate surface area is 135 Å². The minimum atomic E-state index is 0.0212. The summed E-state index contributed by atoms with van der Waals surface area (Å²) < 4.78 is 0. The summed E-state index contributed by atoms with van der Waals surface area (Å²) in [7, 11) is 0. The first-order valence-corrected chi connectivity index (χ1v) is 8.65. The fourth-order valence-electron chi connectivity index (χ4n) is 2.13. The molecule has 0 saturated heterocycles. The number of amides is 1. The van der Waals surface area contributed by atoms with E-state index in [1.54, 1.807) is 12.4 Å². The van der Waals surface area contributed by atoms with Gasteiger partial charge in [-0.25, -0.2) is 0 Å². The summed E-state index contributed by atoms with van der Waals surface area (Å²) in [5.41, 5.74) is 0.962. The van der Waals surface area contributed by atoms with Crippen LogP contribution in [0.3, 0.4) is 0 Å². The monoisotopic (exact) mass is 318 g/mol. The minimum absolute atomic E-state index is 0.0212. The van der Waals surface area contributed by atoms with E-state index < -0.39 is 0 Å². The van der Waals surface area contributed by atoms with Gasteiger partial charge in [-0.2, -0.15) is 0 Å². The molecule has 2 rings (SSSR count). The number of carbonyl (C=O) groups is 1. The molecule has 0 atom stereocenters. The van der Waals surface area contributed by atoms with Crippen molar-refractivity contribution in [3.8, 4) is 10.6 Å². The summed E-state index contributed by atoms with van der Waals surface area (Å²) in [6.45, 7) is 2.20. The highest BCUT2D eigenvalue weighted by atomic mass is 32.1. The van der Waals surface area contributed by atoms with Gasteiger partial charge in [0.1, 0.15) is 5.01 Å². The number of aromatic nitrogens is 3. The van der Waals surface area contributed by atoms with Crippen molar-refractivity contribution in [3.63, 3.8) is 0 Å². The van der Waals surface area contributed by atoms with Crippen LogP contribution in [0.4, 0.5) is 5.13 Å². The Morgan fingerprint density at radius 2 is 1.82 bits per heavy atom. The summed E-state index contributed by atoms with van der Waals surface area (Å²) >= 11 is 1.38. The Morgan fingerprint density at radius 3 is 2.59 bits per heavy atom. The van der Waals surface area contributed by atoms with Crippen molar-refractivity contribution in [1.82, 2.24) is 15.2 Å². The first-order chi connectivity index (χ1) is 10.8. The highest BCUT2D eigenvalue weighted by Gasteiger charge is 2.09. The van der Waals surface area contributed by atoms with Crippen molar-refractivity contribution in [2.45, 2.75) is 51.9 Å². The number of anilines is 1. The van der Waals surface area contributed by atoms with Gasteiger partial charge in [0.05, 0.1) is 0 Å². The molecule has 1 N–H and O–H groups in total. The van der Waals surface area contributed by atoms with Gasteiger partial charge in [0, 0.05) is 24.4 Å². The third-order valence-corrected chi connectivity index (χ3v) is 4.24. The molecule has 0 unspecified atom stereocenters. The normalized spacial score (nSPS) is 10.6. The van der Waals surface area contributed by atoms with Crippen LogP contribution >= 0.6 is 11.3 Å². The first kappa shape index (κ1) is 16.5. The van der Waals surface area contributed by atoms with Crippen LogP contribution in [0.2, 0.25) is 0 Å². The number of nitrogens with zero attached hydrogens (tertiary/aromatic N) is 3. The molecule has 118 valence electrons. The number of nitrogens with one attached hydrogen (secondary N) is 1. The Bertz CT molecular complexity index is 571. The van der Waals surface area contributed by atoms with Crippen molar-refractivity contribution < 1.29 is 4.79 Å². The lowest BCUT2D eigenvalue weighted by molar-refractivity contribution is -0.116. The fourth-order valence-corrected chi connectivity index (χ4v) is 2.90. The highest BCUT2D eigenvalue weighted by molar-refractivity contribution is 7.18. The van der Waals surface area contributed by atoms with Gasteiger partial charge in [0.25, 0.3) is 0 Å². The van der Waals surface area contributed by atoms with Gasteiger partial charge in [0.2, 0.25) is 11.0 Å². The van der Waals surface area contributed by atoms with Gasteiger partial charge in [0.15, 0.2) is 0 Å². The van der Waals surface area contributed by atoms with Crippen molar-refractivity contribution >= 4 is 22.4 Å². The lowest BCUT2D eigenvalue weighted by atomic mass is 10.1. The van der Waals surface area contributed by atoms with Crippen LogP contribution in [0.5, 0.6) is 0 Å². The second-order valence-corrected chi connectivity index (χ2v) is 6.19. The molecule has 0 fully saturated rings. The average Bonchev–Trinajstić information content (AvgIpc) is 3.00. The molecule has 0 aliphatic rings. The topological polar surface area (TPSA) is 67.8 Å². The van der Waals surface area contributed by atoms with Gasteiger partial charge in [-0.3, -0.25) is 9.78 Å². The molecule has 0 bridgehead atoms. The zero-order valence-electron chi connectivity index (χ0n) is 12.9. The van der Waals surface area contributed by atoms with Gasteiger partial charge in [-0.05, 0) is 18.6 Å². The number of rotatable bonds is 9. The number of pyridine rings is 1. The van der Waals surface area contributed by atoms with E-state index >= 15 is 0 Å². The molecule has 22 heavy (non-hydrogen) atoms. The summed E-state index contributed by atoms with van der Waals surface area (Å²) in [5.74, 6) is 0.0212. The van der Waals surface area contributed by atoms with E-state index in [-0.39, 0.29) is 5.91 Å². The van der Waals surface area contributed by atoms with E-state index in [0.717, 1.165) is 23.4 Å². The predicted molar refractivity (Wildman–Crippen MR) is 89.8 cm³/mol. The molecule has 0 aliphatic heterocycles. The Kier molecular flexibility index (Phi) is 6.96. The largest absolute Gasteiger partial charge is 0.301 e. The maximum absolute atomic E-state index is 11.9. The maximum atomic E-state index is 11.9. The number of hydrogen-bond donors (Lipinski definition) is 1. The summed E-state index contributed by atoms with van der Waals surface area (Å²) in [4.78, 5) is 15.8. The number of carbonyl (C=O) groups excluding carboxylic acids is 1. The van der Waals surface area contributed by atoms with Gasteiger partial charge < -0.3 is 5.32 Å². The van der Waals surface area contributed by atoms with Crippen molar-refractivity contribution in [2.75, 3.05) is 5.32 Å². The molecule has 6 heteroatoms. The Morgan fingerprint density at radius 1 is 1.09 bits per heavy atom. The SMILES string of the molecule is CCCCCCCCC(=O)Nc1nnc(-c2ccncc2)s1. The zero-order valence-corrected chi connectivity index (χ0v) is 13.7. The smallest absolute Gasteiger partial charge is 0.226 e. The van der Waals surface area contributed by atoms with Crippen molar-refractivity contribution in [1.29, 1.82) is 0 Å². The molecule has 2 aromatic heterocycles. The molecule has 0 spiro atoms. The molecule has 0 radical (unpaired) electrons. The van der Waals surface area contributed by atoms with Gasteiger partial charge >= 0.3 is 0 Å². The highest BCUT2D eigenvalue weighted by Crippen LogP contribution is 2.25. The van der Waals surface area contributed by atoms with E-state index in [1.807, 2.05) is 12.1 Å². The first-order valence-electron chi connectivity index (χ1n) is 7.83. The summed E-state index contributed by atoms with van der Waals surface area (Å²) in [5, 5.41) is 12.3. The molecule has 5 nitrogen and oxygen atoms in total. The average molecular weight is 318 g/mol. The van der Waals surface area contributed by atoms with Crippen molar-refractivity contribution in [2.24, 2.45) is 0 Å². The second-order valence-electron chi connectivity index (χ2n) is 5.21. The summed E-state index contributed by atoms with van der Waals surface area (Å²) in [6, 6.07) is 3.75. The lowest BCUT2D eigenvalue weighted by Crippen LogP contribution is -2.10. The van der Waals surface area contributed by atoms with Crippen LogP contribution in [-0.2, 0) is 4.79 Å². The van der Waals surface area contributed by atoms with Gasteiger partial charge in [-0.15, -0.1) is 10.2 Å². The molecular formula is C16H22N4OS. The molecular weight excluding hydrogens is 296 g/mol. The number of hydrogen-bond acceptors (Lipinski definition) is 5. The Balaban J connectivity index is 1.72. The third-order valence-electron chi connectivity index (χ3n) is 3.36. The number of unbranched alkanes of at least 4 members (excludes halogenated alkanes) is 5. The quantitative estimate of drug-likeness (QED) is 0.700. The van der Waals surface area contributed by atoms with Crippen LogP contribution in [0.15, 0.2) is 24.5 Å². The van der Waals surface area contributed by atoms with Crippen LogP contribution in [0, 0.1) is 0 Å². The lowest BCUT2D eigenvalue weighted by Gasteiger charge is -2.01. The molecule has 2 heterocycles. The van der Waals surface area contributed by atoms with Gasteiger partial charge in [-0.1, -0.05) is 50.4 Å². The van der Waals surface area contributed by atoms with E-state index in [4.69, 9.17) is 0 Å². The van der Waals surface area contributed by atoms with E-state index in [9.17, 15) is 4.79 Å².